The Kier molecular flexibility index (Phi) is 4.24. The molecule has 92 valence electrons. The number of aliphatic imine (C=N–C) groups is 1. The second-order valence-electron chi connectivity index (χ2n) is 3.59. The Bertz CT molecular complexity index is 567. The molecule has 0 saturated heterocycles. The summed E-state index contributed by atoms with van der Waals surface area (Å²) in [6.45, 7) is 0. The Balaban J connectivity index is 2.38. The molecule has 0 radical (unpaired) electrons. The fourth-order valence-electron chi connectivity index (χ4n) is 1.45. The number of rotatable bonds is 3. The lowest BCUT2D eigenvalue weighted by atomic mass is 10.2. The molecule has 0 atom stereocenters. The Morgan fingerprint density at radius 2 is 1.83 bits per heavy atom. The van der Waals surface area contributed by atoms with Gasteiger partial charge in [-0.15, -0.1) is 0 Å². The van der Waals surface area contributed by atoms with Crippen LogP contribution in [0.3, 0.4) is 0 Å². The molecule has 0 aliphatic rings. The Morgan fingerprint density at radius 1 is 1.11 bits per heavy atom. The second kappa shape index (κ2) is 5.89. The fraction of sp³-hybridized carbons (Fsp3) is 0.0714. The zero-order chi connectivity index (χ0) is 13.0. The quantitative estimate of drug-likeness (QED) is 0.749. The van der Waals surface area contributed by atoms with Gasteiger partial charge in [0.05, 0.1) is 17.8 Å². The number of hydrogen-bond donors (Lipinski definition) is 0. The van der Waals surface area contributed by atoms with Crippen molar-refractivity contribution in [2.75, 3.05) is 7.11 Å². The zero-order valence-electron chi connectivity index (χ0n) is 9.73. The van der Waals surface area contributed by atoms with Gasteiger partial charge in [-0.3, -0.25) is 0 Å². The summed E-state index contributed by atoms with van der Waals surface area (Å²) in [5.74, 6) is 0.690. The average Bonchev–Trinajstić information content (AvgIpc) is 2.42. The monoisotopic (exact) mass is 279 g/mol. The van der Waals surface area contributed by atoms with E-state index in [0.29, 0.717) is 21.6 Å². The second-order valence-corrected chi connectivity index (χ2v) is 4.35. The summed E-state index contributed by atoms with van der Waals surface area (Å²) in [5.41, 5.74) is 1.43. The lowest BCUT2D eigenvalue weighted by Gasteiger charge is -2.04. The van der Waals surface area contributed by atoms with Crippen LogP contribution in [0.5, 0.6) is 5.75 Å². The van der Waals surface area contributed by atoms with Crippen molar-refractivity contribution in [2.45, 2.75) is 0 Å². The molecule has 0 aromatic heterocycles. The van der Waals surface area contributed by atoms with E-state index in [1.807, 2.05) is 30.3 Å². The molecule has 0 bridgehead atoms. The molecule has 4 heteroatoms. The van der Waals surface area contributed by atoms with Crippen LogP contribution >= 0.6 is 23.2 Å². The van der Waals surface area contributed by atoms with Crippen molar-refractivity contribution >= 4 is 34.1 Å². The van der Waals surface area contributed by atoms with Crippen LogP contribution in [0.4, 0.5) is 5.69 Å². The van der Waals surface area contributed by atoms with Gasteiger partial charge in [-0.2, -0.15) is 0 Å². The lowest BCUT2D eigenvalue weighted by molar-refractivity contribution is 0.415. The maximum absolute atomic E-state index is 6.16. The summed E-state index contributed by atoms with van der Waals surface area (Å²) in [6, 6.07) is 14.8. The van der Waals surface area contributed by atoms with E-state index in [0.717, 1.165) is 5.56 Å². The first-order valence-corrected chi connectivity index (χ1v) is 6.09. The van der Waals surface area contributed by atoms with E-state index in [2.05, 4.69) is 4.99 Å². The minimum Gasteiger partial charge on any atom is -0.497 e. The summed E-state index contributed by atoms with van der Waals surface area (Å²) in [6.07, 6.45) is 0. The fourth-order valence-corrected chi connectivity index (χ4v) is 1.83. The molecule has 0 aliphatic carbocycles. The van der Waals surface area contributed by atoms with E-state index >= 15 is 0 Å². The van der Waals surface area contributed by atoms with Crippen LogP contribution in [0.25, 0.3) is 0 Å². The van der Waals surface area contributed by atoms with Crippen molar-refractivity contribution in [1.29, 1.82) is 0 Å². The van der Waals surface area contributed by atoms with Gasteiger partial charge in [0.1, 0.15) is 10.9 Å². The Labute approximate surface area is 116 Å². The molecule has 0 heterocycles. The number of benzene rings is 2. The number of ether oxygens (including phenoxy) is 1. The largest absolute Gasteiger partial charge is 0.497 e. The highest BCUT2D eigenvalue weighted by Crippen LogP contribution is 2.30. The van der Waals surface area contributed by atoms with Crippen molar-refractivity contribution in [1.82, 2.24) is 0 Å². The van der Waals surface area contributed by atoms with Crippen LogP contribution in [0.15, 0.2) is 53.5 Å². The van der Waals surface area contributed by atoms with E-state index in [1.165, 1.54) is 0 Å². The van der Waals surface area contributed by atoms with Gasteiger partial charge >= 0.3 is 0 Å². The first-order valence-electron chi connectivity index (χ1n) is 5.34. The third kappa shape index (κ3) is 3.03. The number of halogens is 2. The highest BCUT2D eigenvalue weighted by molar-refractivity contribution is 6.69. The summed E-state index contributed by atoms with van der Waals surface area (Å²) < 4.78 is 5.13. The molecule has 18 heavy (non-hydrogen) atoms. The van der Waals surface area contributed by atoms with Gasteiger partial charge in [0.2, 0.25) is 0 Å². The van der Waals surface area contributed by atoms with Gasteiger partial charge < -0.3 is 4.74 Å². The smallest absolute Gasteiger partial charge is 0.137 e. The SMILES string of the molecule is COc1ccc(Cl)c(N=C(Cl)c2ccccc2)c1. The van der Waals surface area contributed by atoms with Gasteiger partial charge in [0.25, 0.3) is 0 Å². The zero-order valence-corrected chi connectivity index (χ0v) is 11.2. The molecular weight excluding hydrogens is 269 g/mol. The topological polar surface area (TPSA) is 21.6 Å². The molecule has 2 aromatic carbocycles. The van der Waals surface area contributed by atoms with Crippen LogP contribution in [0, 0.1) is 0 Å². The molecule has 0 aliphatic heterocycles. The van der Waals surface area contributed by atoms with Crippen molar-refractivity contribution in [3.63, 3.8) is 0 Å². The first kappa shape index (κ1) is 12.9. The van der Waals surface area contributed by atoms with Gasteiger partial charge in [-0.1, -0.05) is 53.5 Å². The van der Waals surface area contributed by atoms with E-state index < -0.39 is 0 Å². The Hall–Kier alpha value is -1.51. The summed E-state index contributed by atoms with van der Waals surface area (Å²) in [5, 5.41) is 0.927. The van der Waals surface area contributed by atoms with Crippen molar-refractivity contribution in [2.24, 2.45) is 4.99 Å². The van der Waals surface area contributed by atoms with Gasteiger partial charge in [-0.05, 0) is 12.1 Å². The third-order valence-corrected chi connectivity index (χ3v) is 3.01. The van der Waals surface area contributed by atoms with Crippen molar-refractivity contribution in [3.8, 4) is 5.75 Å². The normalized spacial score (nSPS) is 11.4. The van der Waals surface area contributed by atoms with Crippen LogP contribution in [-0.4, -0.2) is 12.3 Å². The predicted octanol–water partition coefficient (Wildman–Crippen LogP) is 4.67. The van der Waals surface area contributed by atoms with Gasteiger partial charge in [-0.25, -0.2) is 4.99 Å². The minimum atomic E-state index is 0.394. The molecule has 0 fully saturated rings. The molecule has 0 saturated carbocycles. The highest BCUT2D eigenvalue weighted by atomic mass is 35.5. The third-order valence-electron chi connectivity index (χ3n) is 2.38. The molecule has 0 unspecified atom stereocenters. The van der Waals surface area contributed by atoms with Crippen molar-refractivity contribution < 1.29 is 4.74 Å². The van der Waals surface area contributed by atoms with Crippen LogP contribution < -0.4 is 4.74 Å². The van der Waals surface area contributed by atoms with E-state index in [-0.39, 0.29) is 0 Å². The predicted molar refractivity (Wildman–Crippen MR) is 76.5 cm³/mol. The average molecular weight is 280 g/mol. The van der Waals surface area contributed by atoms with E-state index in [4.69, 9.17) is 27.9 Å². The molecule has 0 amide bonds. The number of methoxy groups -OCH3 is 1. The highest BCUT2D eigenvalue weighted by Gasteiger charge is 2.04. The Morgan fingerprint density at radius 3 is 2.50 bits per heavy atom. The number of hydrogen-bond acceptors (Lipinski definition) is 2. The van der Waals surface area contributed by atoms with Gasteiger partial charge in [0.15, 0.2) is 0 Å². The maximum atomic E-state index is 6.16. The van der Waals surface area contributed by atoms with Crippen LogP contribution in [0.2, 0.25) is 5.02 Å². The lowest BCUT2D eigenvalue weighted by Crippen LogP contribution is -1.90. The van der Waals surface area contributed by atoms with E-state index in [1.54, 1.807) is 25.3 Å². The molecule has 2 aromatic rings. The molecule has 2 nitrogen and oxygen atoms in total. The van der Waals surface area contributed by atoms with Gasteiger partial charge in [0, 0.05) is 11.6 Å². The number of nitrogens with zero attached hydrogens (tertiary/aromatic N) is 1. The summed E-state index contributed by atoms with van der Waals surface area (Å²) >= 11 is 12.2. The standard InChI is InChI=1S/C14H11Cl2NO/c1-18-11-7-8-12(15)13(9-11)17-14(16)10-5-3-2-4-6-10/h2-9H,1H3. The summed E-state index contributed by atoms with van der Waals surface area (Å²) in [4.78, 5) is 4.31. The van der Waals surface area contributed by atoms with E-state index in [9.17, 15) is 0 Å². The molecule has 0 spiro atoms. The van der Waals surface area contributed by atoms with Crippen molar-refractivity contribution in [3.05, 3.63) is 59.1 Å². The minimum absolute atomic E-state index is 0.394. The molecular formula is C14H11Cl2NO. The first-order chi connectivity index (χ1) is 8.70. The van der Waals surface area contributed by atoms with Crippen LogP contribution in [-0.2, 0) is 0 Å². The molecule has 0 N–H and O–H groups in total. The molecule has 2 rings (SSSR count). The van der Waals surface area contributed by atoms with Crippen LogP contribution in [0.1, 0.15) is 5.56 Å². The summed E-state index contributed by atoms with van der Waals surface area (Å²) in [7, 11) is 1.59. The maximum Gasteiger partial charge on any atom is 0.137 e.